The first-order chi connectivity index (χ1) is 22.9. The molecular weight excluding hydrogens is 726 g/mol. The number of hydrogen-bond donors (Lipinski definition) is 0. The summed E-state index contributed by atoms with van der Waals surface area (Å²) in [5, 5.41) is 11.7. The zero-order chi connectivity index (χ0) is 34.7. The number of rotatable bonds is 14. The Balaban J connectivity index is 0.00000433. The fourth-order valence-corrected chi connectivity index (χ4v) is 6.24. The summed E-state index contributed by atoms with van der Waals surface area (Å²) in [6.07, 6.45) is 6.70. The number of aromatic nitrogens is 3. The molecule has 50 heavy (non-hydrogen) atoms. The van der Waals surface area contributed by atoms with Gasteiger partial charge in [-0.3, -0.25) is 0 Å². The van der Waals surface area contributed by atoms with Crippen molar-refractivity contribution in [1.82, 2.24) is 14.8 Å². The minimum absolute atomic E-state index is 0. The van der Waals surface area contributed by atoms with E-state index in [-0.39, 0.29) is 101 Å². The number of nitrogens with zero attached hydrogens (tertiary/aromatic N) is 4. The van der Waals surface area contributed by atoms with Gasteiger partial charge in [-0.05, 0) is 37.3 Å². The van der Waals surface area contributed by atoms with Crippen LogP contribution in [0.2, 0.25) is 0 Å². The van der Waals surface area contributed by atoms with Crippen LogP contribution in [0.15, 0.2) is 67.3 Å². The fraction of sp³-hybridized carbons (Fsp3) is 0.333. The molecule has 1 aliphatic heterocycles. The number of thioether (sulfide) groups is 1. The summed E-state index contributed by atoms with van der Waals surface area (Å²) in [6.45, 7) is 0.156. The second kappa shape index (κ2) is 20.9. The van der Waals surface area contributed by atoms with Crippen molar-refractivity contribution in [3.63, 3.8) is 0 Å². The smallest absolute Gasteiger partial charge is 0.790 e. The molecule has 0 spiro atoms. The van der Waals surface area contributed by atoms with Crippen molar-refractivity contribution < 1.29 is 115 Å². The van der Waals surface area contributed by atoms with Crippen molar-refractivity contribution in [1.29, 1.82) is 5.26 Å². The standard InChI is InChI=1S/C30H30F3N4O9PS.2Na/c1-20(48-24-15-43-28(44-16-24)5-3-2-4-22-7-6-21(14-34)12-26(22)32)30(17-37-19-35-18-36-37,25-9-8-23(31)13-27(25)33)46-29(38)42-10-11-45-47(39,40)41;;/h2-9,12-13,18-20,24,28H,10-11,15-17H2,1H3,(H2,39,40,41);;/q;2*+1/p-2/b4-2+,5-3+;;/t20-,24?,28?,30-;;/m1../s1. The maximum atomic E-state index is 15.4. The minimum Gasteiger partial charge on any atom is -0.790 e. The van der Waals surface area contributed by atoms with Crippen LogP contribution in [0.3, 0.4) is 0 Å². The van der Waals surface area contributed by atoms with Gasteiger partial charge in [0.05, 0.1) is 51.1 Å². The third-order valence-corrected chi connectivity index (χ3v) is 8.74. The molecule has 256 valence electrons. The average Bonchev–Trinajstić information content (AvgIpc) is 3.55. The Kier molecular flexibility index (Phi) is 18.4. The van der Waals surface area contributed by atoms with Crippen LogP contribution < -0.4 is 68.9 Å². The van der Waals surface area contributed by atoms with Crippen LogP contribution in [0.1, 0.15) is 23.6 Å². The van der Waals surface area contributed by atoms with Gasteiger partial charge in [-0.25, -0.2) is 27.6 Å². The molecule has 2 aromatic carbocycles. The molecule has 0 unspecified atom stereocenters. The van der Waals surface area contributed by atoms with Gasteiger partial charge in [0, 0.05) is 22.4 Å². The molecule has 2 heterocycles. The van der Waals surface area contributed by atoms with Crippen molar-refractivity contribution in [2.24, 2.45) is 0 Å². The Morgan fingerprint density at radius 2 is 1.90 bits per heavy atom. The van der Waals surface area contributed by atoms with Crippen LogP contribution in [0.4, 0.5) is 18.0 Å². The van der Waals surface area contributed by atoms with Crippen LogP contribution >= 0.6 is 19.6 Å². The second-order valence-corrected chi connectivity index (χ2v) is 12.9. The van der Waals surface area contributed by atoms with Gasteiger partial charge in [0.1, 0.15) is 36.7 Å². The zero-order valence-electron chi connectivity index (χ0n) is 27.1. The van der Waals surface area contributed by atoms with Crippen LogP contribution in [0.25, 0.3) is 6.08 Å². The number of benzene rings is 2. The van der Waals surface area contributed by atoms with E-state index in [0.29, 0.717) is 6.07 Å². The summed E-state index contributed by atoms with van der Waals surface area (Å²) in [6, 6.07) is 8.71. The third kappa shape index (κ3) is 13.2. The number of phosphoric ester groups is 1. The first-order valence-corrected chi connectivity index (χ1v) is 16.5. The van der Waals surface area contributed by atoms with Gasteiger partial charge >= 0.3 is 65.3 Å². The van der Waals surface area contributed by atoms with Gasteiger partial charge in [-0.15, -0.1) is 11.8 Å². The molecule has 1 aliphatic rings. The Morgan fingerprint density at radius 1 is 1.16 bits per heavy atom. The molecule has 0 saturated carbocycles. The molecule has 1 saturated heterocycles. The number of phosphoric acid groups is 1. The largest absolute Gasteiger partial charge is 1.00 e. The molecule has 0 bridgehead atoms. The molecule has 20 heteroatoms. The molecule has 1 fully saturated rings. The SMILES string of the molecule is C[C@@H](SC1COC(/C=C/C=C/c2ccc(C#N)cc2F)OC1)[C@@](Cn1cncn1)(OC(=O)OCCOP(=O)([O-])[O-])c1ccc(F)cc1F.[Na+].[Na+]. The van der Waals surface area contributed by atoms with Crippen LogP contribution in [-0.2, 0) is 40.2 Å². The quantitative estimate of drug-likeness (QED) is 0.0560. The van der Waals surface area contributed by atoms with Gasteiger partial charge in [-0.2, -0.15) is 10.4 Å². The van der Waals surface area contributed by atoms with Crippen LogP contribution in [0.5, 0.6) is 0 Å². The van der Waals surface area contributed by atoms with E-state index in [2.05, 4.69) is 14.6 Å². The van der Waals surface area contributed by atoms with Crippen molar-refractivity contribution in [3.8, 4) is 6.07 Å². The number of allylic oxidation sites excluding steroid dienone is 2. The normalized spacial score (nSPS) is 18.0. The van der Waals surface area contributed by atoms with E-state index >= 15 is 4.39 Å². The fourth-order valence-electron chi connectivity index (χ4n) is 4.58. The number of ether oxygens (including phenoxy) is 4. The maximum absolute atomic E-state index is 15.4. The summed E-state index contributed by atoms with van der Waals surface area (Å²) in [5.74, 6) is -2.46. The summed E-state index contributed by atoms with van der Waals surface area (Å²) in [5.41, 5.74) is -1.64. The molecule has 0 aliphatic carbocycles. The predicted octanol–water partition coefficient (Wildman–Crippen LogP) is -2.40. The molecule has 0 radical (unpaired) electrons. The Labute approximate surface area is 334 Å². The zero-order valence-corrected chi connectivity index (χ0v) is 32.9. The number of carbonyl (C=O) groups excluding carboxylic acids is 1. The maximum Gasteiger partial charge on any atom is 1.00 e. The van der Waals surface area contributed by atoms with Gasteiger partial charge in [0.25, 0.3) is 0 Å². The molecule has 0 N–H and O–H groups in total. The van der Waals surface area contributed by atoms with E-state index < -0.39 is 61.8 Å². The van der Waals surface area contributed by atoms with Gasteiger partial charge in [0.15, 0.2) is 11.9 Å². The molecule has 4 rings (SSSR count). The summed E-state index contributed by atoms with van der Waals surface area (Å²) < 4.78 is 81.8. The molecule has 2 atom stereocenters. The number of hydrogen-bond acceptors (Lipinski definition) is 13. The molecule has 3 aromatic rings. The number of nitriles is 1. The topological polar surface area (TPSA) is 181 Å². The number of carbonyl (C=O) groups is 1. The van der Waals surface area contributed by atoms with Crippen molar-refractivity contribution in [2.75, 3.05) is 26.4 Å². The molecule has 1 aromatic heterocycles. The van der Waals surface area contributed by atoms with Gasteiger partial charge in [-0.1, -0.05) is 24.3 Å². The van der Waals surface area contributed by atoms with E-state index in [1.54, 1.807) is 25.2 Å². The summed E-state index contributed by atoms with van der Waals surface area (Å²) in [7, 11) is -5.32. The summed E-state index contributed by atoms with van der Waals surface area (Å²) >= 11 is 1.21. The Hall–Kier alpha value is -2.01. The van der Waals surface area contributed by atoms with Crippen LogP contribution in [0, 0.1) is 28.8 Å². The van der Waals surface area contributed by atoms with E-state index in [4.69, 9.17) is 24.2 Å². The van der Waals surface area contributed by atoms with E-state index in [1.165, 1.54) is 47.3 Å². The molecule has 13 nitrogen and oxygen atoms in total. The van der Waals surface area contributed by atoms with E-state index in [9.17, 15) is 27.9 Å². The third-order valence-electron chi connectivity index (χ3n) is 6.80. The first kappa shape index (κ1) is 44.2. The monoisotopic (exact) mass is 754 g/mol. The molecular formula is C30H28F3N4Na2O9PS. The van der Waals surface area contributed by atoms with Gasteiger partial charge < -0.3 is 37.8 Å². The predicted molar refractivity (Wildman–Crippen MR) is 160 cm³/mol. The van der Waals surface area contributed by atoms with Crippen molar-refractivity contribution in [3.05, 3.63) is 101 Å². The van der Waals surface area contributed by atoms with E-state index in [1.807, 2.05) is 6.07 Å². The molecule has 0 amide bonds. The first-order valence-electron chi connectivity index (χ1n) is 14.1. The number of halogens is 3. The summed E-state index contributed by atoms with van der Waals surface area (Å²) in [4.78, 5) is 38.2. The van der Waals surface area contributed by atoms with Crippen LogP contribution in [-0.4, -0.2) is 64.1 Å². The van der Waals surface area contributed by atoms with E-state index in [0.717, 1.165) is 18.2 Å². The van der Waals surface area contributed by atoms with Gasteiger partial charge in [0.2, 0.25) is 0 Å². The average molecular weight is 755 g/mol. The van der Waals surface area contributed by atoms with Crippen molar-refractivity contribution >= 4 is 31.8 Å². The Bertz CT molecular complexity index is 1710. The second-order valence-electron chi connectivity index (χ2n) is 10.1. The van der Waals surface area contributed by atoms with Crippen molar-refractivity contribution in [2.45, 2.75) is 35.9 Å². The minimum atomic E-state index is -5.32. The Morgan fingerprint density at radius 3 is 2.52 bits per heavy atom.